The van der Waals surface area contributed by atoms with Crippen molar-refractivity contribution in [1.82, 2.24) is 10.2 Å². The topological polar surface area (TPSA) is 15.3 Å². The summed E-state index contributed by atoms with van der Waals surface area (Å²) in [5.74, 6) is 0.605. The SMILES string of the molecule is CCCN(CCC)CC(NC)c1ccc(C(C)C)cc1. The molecule has 1 aromatic carbocycles. The summed E-state index contributed by atoms with van der Waals surface area (Å²) in [4.78, 5) is 2.57. The van der Waals surface area contributed by atoms with Crippen molar-refractivity contribution in [2.24, 2.45) is 0 Å². The maximum absolute atomic E-state index is 3.47. The van der Waals surface area contributed by atoms with Crippen LogP contribution >= 0.6 is 0 Å². The van der Waals surface area contributed by atoms with Crippen LogP contribution in [0.2, 0.25) is 0 Å². The van der Waals surface area contributed by atoms with Gasteiger partial charge in [0, 0.05) is 12.6 Å². The van der Waals surface area contributed by atoms with Gasteiger partial charge in [0.05, 0.1) is 0 Å². The van der Waals surface area contributed by atoms with Gasteiger partial charge in [-0.2, -0.15) is 0 Å². The van der Waals surface area contributed by atoms with Crippen LogP contribution in [0.1, 0.15) is 63.6 Å². The van der Waals surface area contributed by atoms with E-state index in [4.69, 9.17) is 0 Å². The highest BCUT2D eigenvalue weighted by molar-refractivity contribution is 5.27. The van der Waals surface area contributed by atoms with Gasteiger partial charge in [0.1, 0.15) is 0 Å². The Morgan fingerprint density at radius 3 is 1.85 bits per heavy atom. The molecule has 0 heterocycles. The largest absolute Gasteiger partial charge is 0.312 e. The van der Waals surface area contributed by atoms with E-state index in [2.05, 4.69) is 69.2 Å². The van der Waals surface area contributed by atoms with Gasteiger partial charge in [0.15, 0.2) is 0 Å². The van der Waals surface area contributed by atoms with E-state index in [0.29, 0.717) is 12.0 Å². The molecule has 2 heteroatoms. The van der Waals surface area contributed by atoms with Crippen LogP contribution in [0.5, 0.6) is 0 Å². The fourth-order valence-electron chi connectivity index (χ4n) is 2.66. The quantitative estimate of drug-likeness (QED) is 0.727. The van der Waals surface area contributed by atoms with Crippen molar-refractivity contribution in [1.29, 1.82) is 0 Å². The van der Waals surface area contributed by atoms with Gasteiger partial charge >= 0.3 is 0 Å². The molecule has 1 aromatic rings. The van der Waals surface area contributed by atoms with Crippen LogP contribution in [0, 0.1) is 0 Å². The predicted molar refractivity (Wildman–Crippen MR) is 89.4 cm³/mol. The van der Waals surface area contributed by atoms with E-state index < -0.39 is 0 Å². The number of likely N-dealkylation sites (N-methyl/N-ethyl adjacent to an activating group) is 1. The molecule has 0 aliphatic carbocycles. The van der Waals surface area contributed by atoms with Crippen LogP contribution in [0.15, 0.2) is 24.3 Å². The summed E-state index contributed by atoms with van der Waals surface area (Å²) in [6.45, 7) is 12.5. The first-order valence-electron chi connectivity index (χ1n) is 8.11. The van der Waals surface area contributed by atoms with E-state index >= 15 is 0 Å². The summed E-state index contributed by atoms with van der Waals surface area (Å²) >= 11 is 0. The molecule has 0 saturated heterocycles. The zero-order valence-corrected chi connectivity index (χ0v) is 13.9. The molecular formula is C18H32N2. The first kappa shape index (κ1) is 17.2. The Morgan fingerprint density at radius 2 is 1.45 bits per heavy atom. The monoisotopic (exact) mass is 276 g/mol. The Bertz CT molecular complexity index is 350. The third-order valence-electron chi connectivity index (χ3n) is 3.87. The fourth-order valence-corrected chi connectivity index (χ4v) is 2.66. The Hall–Kier alpha value is -0.860. The van der Waals surface area contributed by atoms with Crippen molar-refractivity contribution in [3.8, 4) is 0 Å². The third-order valence-corrected chi connectivity index (χ3v) is 3.87. The molecular weight excluding hydrogens is 244 g/mol. The van der Waals surface area contributed by atoms with E-state index in [1.807, 2.05) is 0 Å². The summed E-state index contributed by atoms with van der Waals surface area (Å²) < 4.78 is 0. The molecule has 0 saturated carbocycles. The van der Waals surface area contributed by atoms with Crippen molar-refractivity contribution < 1.29 is 0 Å². The minimum Gasteiger partial charge on any atom is -0.312 e. The lowest BCUT2D eigenvalue weighted by Gasteiger charge is -2.27. The lowest BCUT2D eigenvalue weighted by Crippen LogP contribution is -2.35. The molecule has 2 nitrogen and oxygen atoms in total. The van der Waals surface area contributed by atoms with Crippen molar-refractivity contribution in [3.63, 3.8) is 0 Å². The predicted octanol–water partition coefficient (Wildman–Crippen LogP) is 4.19. The van der Waals surface area contributed by atoms with Crippen molar-refractivity contribution in [3.05, 3.63) is 35.4 Å². The number of hydrogen-bond acceptors (Lipinski definition) is 2. The van der Waals surface area contributed by atoms with Crippen LogP contribution in [-0.4, -0.2) is 31.6 Å². The number of benzene rings is 1. The van der Waals surface area contributed by atoms with Gasteiger partial charge < -0.3 is 10.2 Å². The third kappa shape index (κ3) is 5.26. The van der Waals surface area contributed by atoms with Crippen molar-refractivity contribution in [2.45, 2.75) is 52.5 Å². The molecule has 1 atom stereocenters. The molecule has 0 spiro atoms. The fraction of sp³-hybridized carbons (Fsp3) is 0.667. The standard InChI is InChI=1S/C18H32N2/c1-6-12-20(13-7-2)14-18(19-5)17-10-8-16(9-11-17)15(3)4/h8-11,15,18-19H,6-7,12-14H2,1-5H3. The molecule has 1 rings (SSSR count). The van der Waals surface area contributed by atoms with E-state index in [1.165, 1.54) is 37.1 Å². The number of rotatable bonds is 9. The highest BCUT2D eigenvalue weighted by Gasteiger charge is 2.13. The van der Waals surface area contributed by atoms with Gasteiger partial charge in [-0.1, -0.05) is 52.0 Å². The second-order valence-electron chi connectivity index (χ2n) is 5.96. The van der Waals surface area contributed by atoms with E-state index in [0.717, 1.165) is 6.54 Å². The number of nitrogens with zero attached hydrogens (tertiary/aromatic N) is 1. The van der Waals surface area contributed by atoms with Crippen molar-refractivity contribution in [2.75, 3.05) is 26.7 Å². The summed E-state index contributed by atoms with van der Waals surface area (Å²) in [5, 5.41) is 3.47. The maximum Gasteiger partial charge on any atom is 0.0446 e. The molecule has 1 unspecified atom stereocenters. The zero-order valence-electron chi connectivity index (χ0n) is 13.9. The van der Waals surface area contributed by atoms with Gasteiger partial charge in [-0.25, -0.2) is 0 Å². The molecule has 0 fully saturated rings. The molecule has 114 valence electrons. The molecule has 0 bridgehead atoms. The number of nitrogens with one attached hydrogen (secondary N) is 1. The molecule has 20 heavy (non-hydrogen) atoms. The molecule has 0 amide bonds. The Kier molecular flexibility index (Phi) is 7.86. The van der Waals surface area contributed by atoms with Crippen LogP contribution in [0.4, 0.5) is 0 Å². The zero-order chi connectivity index (χ0) is 15.0. The minimum atomic E-state index is 0.425. The molecule has 0 aliphatic rings. The highest BCUT2D eigenvalue weighted by Crippen LogP contribution is 2.19. The van der Waals surface area contributed by atoms with Gasteiger partial charge in [-0.3, -0.25) is 0 Å². The van der Waals surface area contributed by atoms with E-state index in [1.54, 1.807) is 0 Å². The summed E-state index contributed by atoms with van der Waals surface area (Å²) in [5.41, 5.74) is 2.82. The second-order valence-corrected chi connectivity index (χ2v) is 5.96. The van der Waals surface area contributed by atoms with Gasteiger partial charge in [-0.05, 0) is 50.0 Å². The second kappa shape index (κ2) is 9.15. The van der Waals surface area contributed by atoms with Crippen LogP contribution in [0.3, 0.4) is 0 Å². The Morgan fingerprint density at radius 1 is 0.950 bits per heavy atom. The first-order valence-corrected chi connectivity index (χ1v) is 8.11. The summed E-state index contributed by atoms with van der Waals surface area (Å²) in [6, 6.07) is 9.54. The van der Waals surface area contributed by atoms with Crippen LogP contribution < -0.4 is 5.32 Å². The minimum absolute atomic E-state index is 0.425. The maximum atomic E-state index is 3.47. The van der Waals surface area contributed by atoms with Crippen LogP contribution in [-0.2, 0) is 0 Å². The van der Waals surface area contributed by atoms with Gasteiger partial charge in [0.25, 0.3) is 0 Å². The molecule has 0 aromatic heterocycles. The molecule has 0 aliphatic heterocycles. The number of hydrogen-bond donors (Lipinski definition) is 1. The Labute approximate surface area is 125 Å². The van der Waals surface area contributed by atoms with E-state index in [9.17, 15) is 0 Å². The Balaban J connectivity index is 2.73. The lowest BCUT2D eigenvalue weighted by atomic mass is 9.99. The first-order chi connectivity index (χ1) is 9.62. The summed E-state index contributed by atoms with van der Waals surface area (Å²) in [6.07, 6.45) is 2.45. The van der Waals surface area contributed by atoms with Gasteiger partial charge in [-0.15, -0.1) is 0 Å². The van der Waals surface area contributed by atoms with Crippen LogP contribution in [0.25, 0.3) is 0 Å². The van der Waals surface area contributed by atoms with E-state index in [-0.39, 0.29) is 0 Å². The highest BCUT2D eigenvalue weighted by atomic mass is 15.1. The smallest absolute Gasteiger partial charge is 0.0446 e. The normalized spacial score (nSPS) is 13.2. The van der Waals surface area contributed by atoms with Crippen molar-refractivity contribution >= 4 is 0 Å². The lowest BCUT2D eigenvalue weighted by molar-refractivity contribution is 0.247. The van der Waals surface area contributed by atoms with Gasteiger partial charge in [0.2, 0.25) is 0 Å². The average Bonchev–Trinajstić information content (AvgIpc) is 2.45. The summed E-state index contributed by atoms with van der Waals surface area (Å²) in [7, 11) is 2.07. The molecule has 1 N–H and O–H groups in total. The molecule has 0 radical (unpaired) electrons. The average molecular weight is 276 g/mol.